The first-order chi connectivity index (χ1) is 15.5. The summed E-state index contributed by atoms with van der Waals surface area (Å²) in [5.74, 6) is -0.376. The highest BCUT2D eigenvalue weighted by Crippen LogP contribution is 2.45. The number of amidine groups is 1. The van der Waals surface area contributed by atoms with Crippen molar-refractivity contribution in [3.05, 3.63) is 70.4 Å². The molecule has 1 atom stereocenters. The molecule has 0 N–H and O–H groups in total. The smallest absolute Gasteiger partial charge is 0.338 e. The van der Waals surface area contributed by atoms with Gasteiger partial charge < -0.3 is 19.3 Å². The summed E-state index contributed by atoms with van der Waals surface area (Å²) < 4.78 is 10.8. The van der Waals surface area contributed by atoms with Crippen LogP contribution in [0, 0.1) is 6.92 Å². The van der Waals surface area contributed by atoms with Gasteiger partial charge in [0.2, 0.25) is 5.91 Å². The van der Waals surface area contributed by atoms with Gasteiger partial charge >= 0.3 is 5.97 Å². The van der Waals surface area contributed by atoms with Gasteiger partial charge in [0.25, 0.3) is 0 Å². The van der Waals surface area contributed by atoms with E-state index < -0.39 is 12.0 Å². The molecule has 3 heterocycles. The van der Waals surface area contributed by atoms with E-state index in [0.29, 0.717) is 37.6 Å². The fourth-order valence-electron chi connectivity index (χ4n) is 4.08. The Morgan fingerprint density at radius 1 is 1.31 bits per heavy atom. The Hall–Kier alpha value is -2.84. The first-order valence-electron chi connectivity index (χ1n) is 10.6. The van der Waals surface area contributed by atoms with Crippen LogP contribution in [0.1, 0.15) is 30.5 Å². The third-order valence-corrected chi connectivity index (χ3v) is 6.50. The molecule has 1 aromatic rings. The van der Waals surface area contributed by atoms with Crippen molar-refractivity contribution in [2.45, 2.75) is 26.3 Å². The molecule has 8 heteroatoms. The Labute approximate surface area is 192 Å². The number of benzene rings is 1. The molecule has 0 unspecified atom stereocenters. The predicted octanol–water partition coefficient (Wildman–Crippen LogP) is 3.55. The number of fused-ring (bicyclic) bond motifs is 1. The van der Waals surface area contributed by atoms with E-state index in [-0.39, 0.29) is 18.9 Å². The molecule has 1 aromatic carbocycles. The van der Waals surface area contributed by atoms with Crippen LogP contribution in [0.15, 0.2) is 64.3 Å². The fraction of sp³-hybridized carbons (Fsp3) is 0.375. The van der Waals surface area contributed by atoms with E-state index in [2.05, 4.69) is 17.6 Å². The largest absolute Gasteiger partial charge is 0.458 e. The maximum absolute atomic E-state index is 13.1. The summed E-state index contributed by atoms with van der Waals surface area (Å²) >= 11 is 1.48. The van der Waals surface area contributed by atoms with E-state index in [1.807, 2.05) is 47.3 Å². The summed E-state index contributed by atoms with van der Waals surface area (Å²) in [6.45, 7) is 9.92. The quantitative estimate of drug-likeness (QED) is 0.485. The number of amides is 1. The fourth-order valence-corrected chi connectivity index (χ4v) is 5.04. The number of carbonyl (C=O) groups excluding carboxylic acids is 2. The second kappa shape index (κ2) is 9.75. The van der Waals surface area contributed by atoms with Gasteiger partial charge in [-0.1, -0.05) is 54.2 Å². The molecule has 0 spiro atoms. The third kappa shape index (κ3) is 4.52. The van der Waals surface area contributed by atoms with Gasteiger partial charge in [0.15, 0.2) is 5.17 Å². The number of aryl methyl sites for hydroxylation is 1. The molecule has 0 aliphatic carbocycles. The number of carbonyl (C=O) groups is 2. The Morgan fingerprint density at radius 2 is 2.09 bits per heavy atom. The van der Waals surface area contributed by atoms with Crippen molar-refractivity contribution in [2.24, 2.45) is 4.99 Å². The number of allylic oxidation sites excluding steroid dienone is 1. The van der Waals surface area contributed by atoms with E-state index >= 15 is 0 Å². The molecule has 4 rings (SSSR count). The van der Waals surface area contributed by atoms with Crippen molar-refractivity contribution in [3.63, 3.8) is 0 Å². The highest BCUT2D eigenvalue weighted by molar-refractivity contribution is 8.16. The molecule has 0 radical (unpaired) electrons. The molecular formula is C24H27N3O4S. The molecule has 32 heavy (non-hydrogen) atoms. The zero-order chi connectivity index (χ0) is 22.7. The molecule has 0 aromatic heterocycles. The lowest BCUT2D eigenvalue weighted by Gasteiger charge is -2.37. The Kier molecular flexibility index (Phi) is 6.81. The number of esters is 1. The van der Waals surface area contributed by atoms with Crippen LogP contribution in [0.3, 0.4) is 0 Å². The highest BCUT2D eigenvalue weighted by atomic mass is 32.2. The van der Waals surface area contributed by atoms with Gasteiger partial charge in [0.1, 0.15) is 6.61 Å². The number of morpholine rings is 1. The first kappa shape index (κ1) is 22.4. The first-order valence-corrected chi connectivity index (χ1v) is 11.5. The zero-order valence-corrected chi connectivity index (χ0v) is 19.2. The van der Waals surface area contributed by atoms with Gasteiger partial charge in [-0.05, 0) is 24.8 Å². The zero-order valence-electron chi connectivity index (χ0n) is 18.4. The van der Waals surface area contributed by atoms with Gasteiger partial charge in [-0.25, -0.2) is 9.79 Å². The minimum absolute atomic E-state index is 0.0476. The van der Waals surface area contributed by atoms with Crippen molar-refractivity contribution in [1.29, 1.82) is 0 Å². The average Bonchev–Trinajstić information content (AvgIpc) is 3.18. The summed E-state index contributed by atoms with van der Waals surface area (Å²) in [7, 11) is 0. The lowest BCUT2D eigenvalue weighted by Crippen LogP contribution is -2.42. The van der Waals surface area contributed by atoms with E-state index in [0.717, 1.165) is 22.0 Å². The van der Waals surface area contributed by atoms with Crippen LogP contribution in [-0.2, 0) is 19.1 Å². The number of hydrogen-bond donors (Lipinski definition) is 0. The summed E-state index contributed by atoms with van der Waals surface area (Å²) in [6, 6.07) is 7.64. The van der Waals surface area contributed by atoms with Crippen LogP contribution in [0.4, 0.5) is 0 Å². The molecular weight excluding hydrogens is 426 g/mol. The summed E-state index contributed by atoms with van der Waals surface area (Å²) in [5.41, 5.74) is 3.98. The maximum Gasteiger partial charge on any atom is 0.338 e. The summed E-state index contributed by atoms with van der Waals surface area (Å²) in [6.07, 6.45) is 1.79. The molecule has 3 aliphatic rings. The molecule has 3 aliphatic heterocycles. The van der Waals surface area contributed by atoms with Crippen LogP contribution in [0.25, 0.3) is 0 Å². The van der Waals surface area contributed by atoms with E-state index in [4.69, 9.17) is 9.47 Å². The predicted molar refractivity (Wildman–Crippen MR) is 125 cm³/mol. The van der Waals surface area contributed by atoms with Crippen LogP contribution in [0.2, 0.25) is 0 Å². The molecule has 1 fully saturated rings. The molecule has 1 amide bonds. The van der Waals surface area contributed by atoms with Crippen molar-refractivity contribution < 1.29 is 19.1 Å². The maximum atomic E-state index is 13.1. The Bertz CT molecular complexity index is 1020. The van der Waals surface area contributed by atoms with Gasteiger partial charge in [-0.15, -0.1) is 0 Å². The van der Waals surface area contributed by atoms with Crippen molar-refractivity contribution in [3.8, 4) is 0 Å². The number of hydrogen-bond acceptors (Lipinski definition) is 7. The van der Waals surface area contributed by atoms with Gasteiger partial charge in [0.05, 0.1) is 36.9 Å². The highest BCUT2D eigenvalue weighted by Gasteiger charge is 2.41. The molecule has 1 saturated heterocycles. The Morgan fingerprint density at radius 3 is 2.81 bits per heavy atom. The number of aliphatic imine (C=N–C) groups is 1. The van der Waals surface area contributed by atoms with Crippen LogP contribution in [0.5, 0.6) is 0 Å². The average molecular weight is 454 g/mol. The van der Waals surface area contributed by atoms with Crippen LogP contribution in [-0.4, -0.2) is 59.8 Å². The van der Waals surface area contributed by atoms with E-state index in [1.165, 1.54) is 11.8 Å². The van der Waals surface area contributed by atoms with Crippen LogP contribution >= 0.6 is 11.8 Å². The number of nitrogens with zero attached hydrogens (tertiary/aromatic N) is 3. The number of ether oxygens (including phenoxy) is 2. The topological polar surface area (TPSA) is 71.4 Å². The SMILES string of the molecule is C=CCOC(=O)C1=C(C)N=C2SC=C(CC(=O)N3CCOCC3)N2[C@@H]1c1cccc(C)c1. The normalized spacial score (nSPS) is 20.5. The molecule has 7 nitrogen and oxygen atoms in total. The second-order valence-corrected chi connectivity index (χ2v) is 8.70. The Balaban J connectivity index is 1.69. The summed E-state index contributed by atoms with van der Waals surface area (Å²) in [5, 5.41) is 2.73. The van der Waals surface area contributed by atoms with E-state index in [1.54, 1.807) is 6.08 Å². The molecule has 168 valence electrons. The second-order valence-electron chi connectivity index (χ2n) is 7.86. The lowest BCUT2D eigenvalue weighted by molar-refractivity contribution is -0.138. The van der Waals surface area contributed by atoms with Crippen LogP contribution < -0.4 is 0 Å². The standard InChI is InChI=1S/C24H27N3O4S/c1-4-10-31-23(29)21-17(3)25-24-27(22(21)18-7-5-6-16(2)13-18)19(15-32-24)14-20(28)26-8-11-30-12-9-26/h4-7,13,15,22H,1,8-12,14H2,2-3H3/t22-/m1/s1. The monoisotopic (exact) mass is 453 g/mol. The van der Waals surface area contributed by atoms with Gasteiger partial charge in [0, 0.05) is 18.8 Å². The number of rotatable bonds is 6. The van der Waals surface area contributed by atoms with Gasteiger partial charge in [-0.3, -0.25) is 4.79 Å². The number of thioether (sulfide) groups is 1. The third-order valence-electron chi connectivity index (χ3n) is 5.61. The van der Waals surface area contributed by atoms with E-state index in [9.17, 15) is 9.59 Å². The van der Waals surface area contributed by atoms with Crippen molar-refractivity contribution in [1.82, 2.24) is 9.80 Å². The minimum atomic E-state index is -0.424. The summed E-state index contributed by atoms with van der Waals surface area (Å²) in [4.78, 5) is 34.6. The van der Waals surface area contributed by atoms with Gasteiger partial charge in [-0.2, -0.15) is 0 Å². The molecule has 0 saturated carbocycles. The molecule has 0 bridgehead atoms. The van der Waals surface area contributed by atoms with Crippen molar-refractivity contribution in [2.75, 3.05) is 32.9 Å². The minimum Gasteiger partial charge on any atom is -0.458 e. The van der Waals surface area contributed by atoms with Crippen molar-refractivity contribution >= 4 is 28.8 Å². The lowest BCUT2D eigenvalue weighted by atomic mass is 9.93.